The zero-order valence-corrected chi connectivity index (χ0v) is 57.2. The van der Waals surface area contributed by atoms with Gasteiger partial charge in [0, 0.05) is 83.3 Å². The second-order valence-corrected chi connectivity index (χ2v) is 29.8. The van der Waals surface area contributed by atoms with Crippen LogP contribution in [0, 0.1) is 23.7 Å². The number of aliphatic hydroxyl groups is 2. The van der Waals surface area contributed by atoms with Crippen molar-refractivity contribution < 1.29 is 38.7 Å². The lowest BCUT2D eigenvalue weighted by atomic mass is 9.68. The van der Waals surface area contributed by atoms with Gasteiger partial charge in [-0.15, -0.1) is 0 Å². The first-order valence-electron chi connectivity index (χ1n) is 31.4. The Balaban J connectivity index is 0.000000185. The van der Waals surface area contributed by atoms with Gasteiger partial charge in [-0.1, -0.05) is 90.7 Å². The summed E-state index contributed by atoms with van der Waals surface area (Å²) in [5.74, 6) is 3.58. The molecule has 8 atom stereocenters. The number of hydrogen-bond donors (Lipinski definition) is 2. The summed E-state index contributed by atoms with van der Waals surface area (Å²) in [4.78, 5) is 47.0. The van der Waals surface area contributed by atoms with E-state index in [9.17, 15) is 19.8 Å². The molecular formula is C70H78Br2Cl2N6O8S2. The summed E-state index contributed by atoms with van der Waals surface area (Å²) in [6.07, 6.45) is 23.8. The Hall–Kier alpha value is -5.18. The van der Waals surface area contributed by atoms with Gasteiger partial charge in [-0.3, -0.25) is 0 Å². The van der Waals surface area contributed by atoms with Gasteiger partial charge in [0.05, 0.1) is 62.1 Å². The molecule has 0 bridgehead atoms. The van der Waals surface area contributed by atoms with Crippen LogP contribution in [0.15, 0.2) is 141 Å². The molecule has 20 heteroatoms. The van der Waals surface area contributed by atoms with Crippen LogP contribution in [0.4, 0.5) is 11.4 Å². The molecular weight excluding hydrogens is 1350 g/mol. The molecule has 2 aliphatic heterocycles. The molecule has 4 heterocycles. The van der Waals surface area contributed by atoms with E-state index < -0.39 is 12.2 Å². The number of halogens is 4. The van der Waals surface area contributed by atoms with Crippen LogP contribution in [0.25, 0.3) is 0 Å². The molecule has 0 unspecified atom stereocenters. The van der Waals surface area contributed by atoms with E-state index in [-0.39, 0.29) is 34.6 Å². The third-order valence-corrected chi connectivity index (χ3v) is 22.7. The highest BCUT2D eigenvalue weighted by Crippen LogP contribution is 2.49. The number of anilines is 2. The SMILES string of the molecule is COC(=O)c1ccc2c(c1)N(C[C@@H]1CC[C@H]1[C@@H](O)/C=C(\Br)CCCSc1ncccn1)C[C@@]1(CCCc3cc(Cl)ccc31)CO2.COC(=O)c1ccc2c(c1)N(C[C@@H]1CC[C@H]1[C@H](O)/C=C(\Br)CCCSc1ncccn1)C[C@@]1(CCCc3cc(Cl)ccc31)CO2. The van der Waals surface area contributed by atoms with E-state index in [0.717, 1.165) is 180 Å². The molecule has 14 nitrogen and oxygen atoms in total. The van der Waals surface area contributed by atoms with Gasteiger partial charge < -0.3 is 39.0 Å². The number of methoxy groups -OCH3 is 2. The summed E-state index contributed by atoms with van der Waals surface area (Å²) >= 11 is 23.5. The van der Waals surface area contributed by atoms with Crippen molar-refractivity contribution in [3.8, 4) is 11.5 Å². The number of ether oxygens (including phenoxy) is 4. The molecule has 6 aliphatic rings. The number of fused-ring (bicyclic) bond motifs is 6. The van der Waals surface area contributed by atoms with Crippen molar-refractivity contribution in [3.63, 3.8) is 0 Å². The predicted molar refractivity (Wildman–Crippen MR) is 366 cm³/mol. The predicted octanol–water partition coefficient (Wildman–Crippen LogP) is 15.3. The summed E-state index contributed by atoms with van der Waals surface area (Å²) in [6, 6.07) is 27.3. The molecule has 2 spiro atoms. The van der Waals surface area contributed by atoms with E-state index in [1.165, 1.54) is 36.5 Å². The quantitative estimate of drug-likeness (QED) is 0.0320. The number of benzene rings is 4. The number of aryl methyl sites for hydroxylation is 2. The zero-order chi connectivity index (χ0) is 62.8. The highest BCUT2D eigenvalue weighted by atomic mass is 79.9. The van der Waals surface area contributed by atoms with Crippen molar-refractivity contribution in [2.24, 2.45) is 23.7 Å². The minimum absolute atomic E-state index is 0.162. The number of carbonyl (C=O) groups is 2. The van der Waals surface area contributed by atoms with Crippen molar-refractivity contribution in [1.29, 1.82) is 0 Å². The van der Waals surface area contributed by atoms with Crippen LogP contribution in [0.2, 0.25) is 10.0 Å². The van der Waals surface area contributed by atoms with Crippen molar-refractivity contribution in [3.05, 3.63) is 174 Å². The Morgan fingerprint density at radius 3 is 1.44 bits per heavy atom. The molecule has 4 aromatic carbocycles. The number of rotatable bonds is 20. The van der Waals surface area contributed by atoms with Crippen molar-refractivity contribution in [2.75, 3.05) is 74.9 Å². The number of aliphatic hydroxyl groups excluding tert-OH is 2. The van der Waals surface area contributed by atoms with Crippen LogP contribution in [-0.4, -0.2) is 119 Å². The van der Waals surface area contributed by atoms with Crippen molar-refractivity contribution in [2.45, 2.75) is 123 Å². The molecule has 12 rings (SSSR count). The number of allylic oxidation sites excluding steroid dienone is 2. The fourth-order valence-corrected chi connectivity index (χ4v) is 17.1. The van der Waals surface area contributed by atoms with Gasteiger partial charge in [-0.05, 0) is 230 Å². The lowest BCUT2D eigenvalue weighted by Crippen LogP contribution is -2.49. The van der Waals surface area contributed by atoms with Gasteiger partial charge in [-0.2, -0.15) is 0 Å². The smallest absolute Gasteiger partial charge is 0.337 e. The molecule has 0 amide bonds. The van der Waals surface area contributed by atoms with Crippen molar-refractivity contribution >= 4 is 102 Å². The lowest BCUT2D eigenvalue weighted by molar-refractivity contribution is 0.0453. The maximum Gasteiger partial charge on any atom is 0.337 e. The van der Waals surface area contributed by atoms with Crippen LogP contribution in [0.3, 0.4) is 0 Å². The second kappa shape index (κ2) is 30.7. The molecule has 0 radical (unpaired) electrons. The normalized spacial score (nSPS) is 23.3. The Morgan fingerprint density at radius 2 is 1.06 bits per heavy atom. The highest BCUT2D eigenvalue weighted by molar-refractivity contribution is 9.12. The minimum atomic E-state index is -0.529. The van der Waals surface area contributed by atoms with E-state index >= 15 is 0 Å². The Kier molecular flexibility index (Phi) is 22.6. The van der Waals surface area contributed by atoms with Crippen LogP contribution in [0.1, 0.15) is 120 Å². The van der Waals surface area contributed by atoms with Gasteiger partial charge in [0.15, 0.2) is 10.3 Å². The number of aromatic nitrogens is 4. The average Bonchev–Trinajstić information content (AvgIpc) is 1.50. The maximum atomic E-state index is 12.5. The Labute approximate surface area is 564 Å². The third kappa shape index (κ3) is 15.9. The fourth-order valence-electron chi connectivity index (χ4n) is 14.1. The monoisotopic (exact) mass is 1420 g/mol. The van der Waals surface area contributed by atoms with Crippen LogP contribution in [0.5, 0.6) is 11.5 Å². The molecule has 476 valence electrons. The van der Waals surface area contributed by atoms with E-state index in [2.05, 4.69) is 85.9 Å². The fraction of sp³-hybridized carbons (Fsp3) is 0.457. The van der Waals surface area contributed by atoms with Crippen LogP contribution in [-0.2, 0) is 33.1 Å². The van der Waals surface area contributed by atoms with Gasteiger partial charge in [0.1, 0.15) is 11.5 Å². The molecule has 90 heavy (non-hydrogen) atoms. The summed E-state index contributed by atoms with van der Waals surface area (Å²) in [5.41, 5.74) is 7.62. The second-order valence-electron chi connectivity index (χ2n) is 24.7. The van der Waals surface area contributed by atoms with Crippen molar-refractivity contribution in [1.82, 2.24) is 19.9 Å². The topological polar surface area (TPSA) is 170 Å². The van der Waals surface area contributed by atoms with E-state index in [4.69, 9.17) is 42.1 Å². The molecule has 2 fully saturated rings. The van der Waals surface area contributed by atoms with Crippen LogP contribution >= 0.6 is 78.6 Å². The minimum Gasteiger partial charge on any atom is -0.490 e. The average molecular weight is 1430 g/mol. The summed E-state index contributed by atoms with van der Waals surface area (Å²) < 4.78 is 25.3. The van der Waals surface area contributed by atoms with E-state index in [0.29, 0.717) is 36.2 Å². The number of thioether (sulfide) groups is 2. The first-order valence-corrected chi connectivity index (χ1v) is 35.7. The molecule has 0 saturated heterocycles. The molecule has 2 saturated carbocycles. The van der Waals surface area contributed by atoms with Gasteiger partial charge in [-0.25, -0.2) is 29.5 Å². The Bertz CT molecular complexity index is 3310. The molecule has 6 aromatic rings. The summed E-state index contributed by atoms with van der Waals surface area (Å²) in [6.45, 7) is 4.19. The largest absolute Gasteiger partial charge is 0.490 e. The maximum absolute atomic E-state index is 12.5. The van der Waals surface area contributed by atoms with Gasteiger partial charge >= 0.3 is 11.9 Å². The zero-order valence-electron chi connectivity index (χ0n) is 50.9. The molecule has 2 aromatic heterocycles. The molecule has 2 N–H and O–H groups in total. The number of nitrogens with zero attached hydrogens (tertiary/aromatic N) is 6. The van der Waals surface area contributed by atoms with E-state index in [1.54, 1.807) is 60.4 Å². The molecule has 4 aliphatic carbocycles. The first-order chi connectivity index (χ1) is 43.7. The first kappa shape index (κ1) is 66.3. The third-order valence-electron chi connectivity index (χ3n) is 19.0. The van der Waals surface area contributed by atoms with Gasteiger partial charge in [0.2, 0.25) is 0 Å². The van der Waals surface area contributed by atoms with E-state index in [1.807, 2.05) is 60.7 Å². The standard InChI is InChI=1S/2C35H39BrClN3O4S/c2*1-43-33(42)24-8-12-32-30(18-24)40(21-35(22-44-32)13-2-5-23-17-27(37)9-11-29(23)35)20-25-7-10-28(25)31(41)19-26(36)6-3-16-45-34-38-14-4-15-39-34/h2*4,8-9,11-12,14-15,17-19,25,28,31,41H,2-3,5-7,10,13,16,20-22H2,1H3/b2*26-19-/t25-,28+,31+,35-;25-,28+,31-,35-/m00/s1. The Morgan fingerprint density at radius 1 is 0.633 bits per heavy atom. The number of carbonyl (C=O) groups excluding carboxylic acids is 2. The highest BCUT2D eigenvalue weighted by Gasteiger charge is 2.46. The number of esters is 2. The van der Waals surface area contributed by atoms with Gasteiger partial charge in [0.25, 0.3) is 0 Å². The van der Waals surface area contributed by atoms with Crippen LogP contribution < -0.4 is 19.3 Å². The number of hydrogen-bond acceptors (Lipinski definition) is 16. The lowest BCUT2D eigenvalue weighted by Gasteiger charge is -2.45. The summed E-state index contributed by atoms with van der Waals surface area (Å²) in [5, 5.41) is 25.7. The summed E-state index contributed by atoms with van der Waals surface area (Å²) in [7, 11) is 2.81.